The minimum atomic E-state index is -0.148. The first-order valence-corrected chi connectivity index (χ1v) is 6.93. The fourth-order valence-corrected chi connectivity index (χ4v) is 2.42. The second kappa shape index (κ2) is 5.67. The lowest BCUT2D eigenvalue weighted by Crippen LogP contribution is -2.15. The quantitative estimate of drug-likeness (QED) is 0.936. The molecule has 0 spiro atoms. The number of carbonyl (C=O) groups is 1. The van der Waals surface area contributed by atoms with Crippen molar-refractivity contribution >= 4 is 23.2 Å². The molecule has 1 aromatic carbocycles. The average Bonchev–Trinajstić information content (AvgIpc) is 2.68. The highest BCUT2D eigenvalue weighted by molar-refractivity contribution is 6.31. The fourth-order valence-electron chi connectivity index (χ4n) is 2.25. The molecule has 2 rings (SSSR count). The van der Waals surface area contributed by atoms with Crippen molar-refractivity contribution in [3.63, 3.8) is 0 Å². The Morgan fingerprint density at radius 1 is 1.35 bits per heavy atom. The number of carbonyl (C=O) groups excluding carboxylic acids is 1. The van der Waals surface area contributed by atoms with Gasteiger partial charge in [-0.1, -0.05) is 17.7 Å². The van der Waals surface area contributed by atoms with Crippen molar-refractivity contribution in [3.8, 4) is 0 Å². The molecule has 0 radical (unpaired) electrons. The molecule has 4 nitrogen and oxygen atoms in total. The second-order valence-electron chi connectivity index (χ2n) is 4.77. The average molecular weight is 292 g/mol. The van der Waals surface area contributed by atoms with Gasteiger partial charge in [-0.05, 0) is 45.4 Å². The fraction of sp³-hybridized carbons (Fsp3) is 0.333. The molecular formula is C15H18ClN3O. The molecule has 1 N–H and O–H groups in total. The smallest absolute Gasteiger partial charge is 0.259 e. The van der Waals surface area contributed by atoms with Crippen LogP contribution in [0.1, 0.15) is 34.2 Å². The molecule has 2 aromatic rings. The maximum Gasteiger partial charge on any atom is 0.259 e. The van der Waals surface area contributed by atoms with Gasteiger partial charge in [0.2, 0.25) is 0 Å². The Kier molecular flexibility index (Phi) is 4.14. The summed E-state index contributed by atoms with van der Waals surface area (Å²) in [7, 11) is 0. The zero-order valence-corrected chi connectivity index (χ0v) is 12.9. The summed E-state index contributed by atoms with van der Waals surface area (Å²) in [6.45, 7) is 8.43. The Balaban J connectivity index is 2.33. The summed E-state index contributed by atoms with van der Waals surface area (Å²) in [5.74, 6) is -0.148. The summed E-state index contributed by atoms with van der Waals surface area (Å²) >= 11 is 5.97. The van der Waals surface area contributed by atoms with Crippen LogP contribution in [0.4, 0.5) is 5.69 Å². The lowest BCUT2D eigenvalue weighted by Gasteiger charge is -2.09. The molecule has 20 heavy (non-hydrogen) atoms. The van der Waals surface area contributed by atoms with Crippen molar-refractivity contribution < 1.29 is 4.79 Å². The molecule has 0 bridgehead atoms. The van der Waals surface area contributed by atoms with E-state index in [4.69, 9.17) is 11.6 Å². The van der Waals surface area contributed by atoms with Crippen LogP contribution >= 0.6 is 11.6 Å². The largest absolute Gasteiger partial charge is 0.322 e. The van der Waals surface area contributed by atoms with Crippen molar-refractivity contribution in [2.45, 2.75) is 34.2 Å². The van der Waals surface area contributed by atoms with E-state index in [2.05, 4.69) is 10.4 Å². The molecule has 0 unspecified atom stereocenters. The van der Waals surface area contributed by atoms with E-state index in [0.29, 0.717) is 10.6 Å². The Hall–Kier alpha value is -1.81. The second-order valence-corrected chi connectivity index (χ2v) is 5.21. The zero-order valence-electron chi connectivity index (χ0n) is 12.1. The summed E-state index contributed by atoms with van der Waals surface area (Å²) < 4.78 is 1.83. The lowest BCUT2D eigenvalue weighted by atomic mass is 10.1. The van der Waals surface area contributed by atoms with Crippen LogP contribution in [0.15, 0.2) is 18.2 Å². The molecule has 106 valence electrons. The molecule has 1 heterocycles. The first kappa shape index (κ1) is 14.6. The van der Waals surface area contributed by atoms with Crippen LogP contribution in [-0.4, -0.2) is 15.7 Å². The number of hydrogen-bond donors (Lipinski definition) is 1. The topological polar surface area (TPSA) is 46.9 Å². The van der Waals surface area contributed by atoms with Gasteiger partial charge in [0.1, 0.15) is 0 Å². The predicted molar refractivity (Wildman–Crippen MR) is 81.5 cm³/mol. The van der Waals surface area contributed by atoms with Gasteiger partial charge in [0.05, 0.1) is 11.3 Å². The standard InChI is InChI=1S/C15H18ClN3O/c1-5-19-11(4)14(10(3)18-19)15(20)17-13-8-12(16)7-6-9(13)2/h6-8H,5H2,1-4H3,(H,17,20). The minimum Gasteiger partial charge on any atom is -0.322 e. The van der Waals surface area contributed by atoms with E-state index in [1.807, 2.05) is 38.4 Å². The van der Waals surface area contributed by atoms with E-state index in [-0.39, 0.29) is 5.91 Å². The zero-order chi connectivity index (χ0) is 14.9. The maximum atomic E-state index is 12.4. The number of nitrogens with zero attached hydrogens (tertiary/aromatic N) is 2. The van der Waals surface area contributed by atoms with E-state index in [9.17, 15) is 4.79 Å². The van der Waals surface area contributed by atoms with Crippen LogP contribution in [-0.2, 0) is 6.54 Å². The van der Waals surface area contributed by atoms with Crippen molar-refractivity contribution in [3.05, 3.63) is 45.7 Å². The van der Waals surface area contributed by atoms with Gasteiger partial charge < -0.3 is 5.32 Å². The first-order valence-electron chi connectivity index (χ1n) is 6.55. The van der Waals surface area contributed by atoms with Gasteiger partial charge in [0.25, 0.3) is 5.91 Å². The monoisotopic (exact) mass is 291 g/mol. The van der Waals surface area contributed by atoms with Gasteiger partial charge in [0, 0.05) is 22.9 Å². The van der Waals surface area contributed by atoms with Crippen molar-refractivity contribution in [1.82, 2.24) is 9.78 Å². The van der Waals surface area contributed by atoms with Gasteiger partial charge in [-0.25, -0.2) is 0 Å². The highest BCUT2D eigenvalue weighted by atomic mass is 35.5. The number of aromatic nitrogens is 2. The van der Waals surface area contributed by atoms with E-state index in [1.54, 1.807) is 12.1 Å². The van der Waals surface area contributed by atoms with Gasteiger partial charge >= 0.3 is 0 Å². The highest BCUT2D eigenvalue weighted by Crippen LogP contribution is 2.22. The number of nitrogens with one attached hydrogen (secondary N) is 1. The molecule has 1 amide bonds. The number of benzene rings is 1. The number of hydrogen-bond acceptors (Lipinski definition) is 2. The molecule has 0 saturated carbocycles. The van der Waals surface area contributed by atoms with Crippen LogP contribution < -0.4 is 5.32 Å². The first-order chi connectivity index (χ1) is 9.43. The van der Waals surface area contributed by atoms with E-state index < -0.39 is 0 Å². The third-order valence-corrected chi connectivity index (χ3v) is 3.59. The van der Waals surface area contributed by atoms with Crippen LogP contribution in [0.25, 0.3) is 0 Å². The van der Waals surface area contributed by atoms with Crippen molar-refractivity contribution in [2.75, 3.05) is 5.32 Å². The van der Waals surface area contributed by atoms with Gasteiger partial charge in [0.15, 0.2) is 0 Å². The van der Waals surface area contributed by atoms with Gasteiger partial charge in [-0.15, -0.1) is 0 Å². The Morgan fingerprint density at radius 2 is 2.05 bits per heavy atom. The van der Waals surface area contributed by atoms with Crippen molar-refractivity contribution in [1.29, 1.82) is 0 Å². The summed E-state index contributed by atoms with van der Waals surface area (Å²) in [5.41, 5.74) is 3.95. The number of amides is 1. The normalized spacial score (nSPS) is 10.7. The summed E-state index contributed by atoms with van der Waals surface area (Å²) in [4.78, 5) is 12.4. The third kappa shape index (κ3) is 2.70. The van der Waals surface area contributed by atoms with Crippen LogP contribution in [0.5, 0.6) is 0 Å². The third-order valence-electron chi connectivity index (χ3n) is 3.36. The van der Waals surface area contributed by atoms with E-state index >= 15 is 0 Å². The summed E-state index contributed by atoms with van der Waals surface area (Å²) in [6.07, 6.45) is 0. The number of halogens is 1. The lowest BCUT2D eigenvalue weighted by molar-refractivity contribution is 0.102. The minimum absolute atomic E-state index is 0.148. The predicted octanol–water partition coefficient (Wildman–Crippen LogP) is 3.73. The summed E-state index contributed by atoms with van der Waals surface area (Å²) in [5, 5.41) is 7.87. The highest BCUT2D eigenvalue weighted by Gasteiger charge is 2.18. The molecule has 0 aliphatic heterocycles. The molecule has 0 fully saturated rings. The van der Waals surface area contributed by atoms with Crippen LogP contribution in [0.3, 0.4) is 0 Å². The molecule has 0 aliphatic carbocycles. The maximum absolute atomic E-state index is 12.4. The summed E-state index contributed by atoms with van der Waals surface area (Å²) in [6, 6.07) is 5.44. The molecule has 1 aromatic heterocycles. The molecule has 5 heteroatoms. The van der Waals surface area contributed by atoms with Gasteiger partial charge in [-0.2, -0.15) is 5.10 Å². The molecule has 0 saturated heterocycles. The number of aryl methyl sites for hydroxylation is 3. The van der Waals surface area contributed by atoms with Crippen molar-refractivity contribution in [2.24, 2.45) is 0 Å². The Morgan fingerprint density at radius 3 is 2.65 bits per heavy atom. The van der Waals surface area contributed by atoms with E-state index in [1.165, 1.54) is 0 Å². The molecule has 0 atom stereocenters. The van der Waals surface area contributed by atoms with Crippen LogP contribution in [0.2, 0.25) is 5.02 Å². The Labute approximate surface area is 123 Å². The van der Waals surface area contributed by atoms with Crippen LogP contribution in [0, 0.1) is 20.8 Å². The van der Waals surface area contributed by atoms with Gasteiger partial charge in [-0.3, -0.25) is 9.48 Å². The SMILES string of the molecule is CCn1nc(C)c(C(=O)Nc2cc(Cl)ccc2C)c1C. The number of anilines is 1. The molecular weight excluding hydrogens is 274 g/mol. The Bertz CT molecular complexity index is 661. The molecule has 0 aliphatic rings. The van der Waals surface area contributed by atoms with E-state index in [0.717, 1.165) is 29.2 Å². The number of rotatable bonds is 3.